The van der Waals surface area contributed by atoms with Gasteiger partial charge in [0, 0.05) is 29.3 Å². The normalized spacial score (nSPS) is 20.8. The smallest absolute Gasteiger partial charge is 0.0674 e. The fraction of sp³-hybridized carbons (Fsp3) is 0.269. The molecule has 0 atom stereocenters. The second-order valence-corrected chi connectivity index (χ2v) is 8.64. The number of hydrogen-bond donors (Lipinski definition) is 0. The Balaban J connectivity index is 1.53. The van der Waals surface area contributed by atoms with Crippen molar-refractivity contribution < 1.29 is 0 Å². The molecule has 0 saturated carbocycles. The summed E-state index contributed by atoms with van der Waals surface area (Å²) in [6.45, 7) is 9.05. The lowest BCUT2D eigenvalue weighted by molar-refractivity contribution is 0.640. The summed E-state index contributed by atoms with van der Waals surface area (Å²) < 4.78 is 0. The molecule has 0 N–H and O–H groups in total. The van der Waals surface area contributed by atoms with Crippen LogP contribution in [-0.2, 0) is 10.8 Å². The number of para-hydroxylation sites is 2. The molecule has 2 aromatic carbocycles. The molecule has 2 nitrogen and oxygen atoms in total. The molecule has 2 aliphatic heterocycles. The van der Waals surface area contributed by atoms with Crippen LogP contribution in [0.15, 0.2) is 89.6 Å². The zero-order valence-electron chi connectivity index (χ0n) is 17.4. The molecule has 0 unspecified atom stereocenters. The van der Waals surface area contributed by atoms with E-state index >= 15 is 0 Å². The number of fused-ring (bicyclic) bond motifs is 2. The number of aliphatic imine (C=N–C) groups is 1. The summed E-state index contributed by atoms with van der Waals surface area (Å²) in [4.78, 5) is 7.11. The van der Waals surface area contributed by atoms with Crippen molar-refractivity contribution in [2.24, 2.45) is 4.99 Å². The van der Waals surface area contributed by atoms with Crippen LogP contribution in [0.1, 0.15) is 38.8 Å². The monoisotopic (exact) mass is 368 g/mol. The topological polar surface area (TPSA) is 15.6 Å². The SMILES string of the molecule is CN1C(=CC=CC=CC2=Nc3ccccc3C2(C)C)C(C)(C)c2ccccc21. The maximum absolute atomic E-state index is 4.81. The summed E-state index contributed by atoms with van der Waals surface area (Å²) in [5.74, 6) is 0. The van der Waals surface area contributed by atoms with Crippen molar-refractivity contribution in [1.29, 1.82) is 0 Å². The van der Waals surface area contributed by atoms with Crippen LogP contribution >= 0.6 is 0 Å². The molecule has 4 rings (SSSR count). The molecule has 0 radical (unpaired) electrons. The Kier molecular flexibility index (Phi) is 4.38. The van der Waals surface area contributed by atoms with Gasteiger partial charge in [-0.3, -0.25) is 4.99 Å². The molecular formula is C26H28N2. The number of rotatable bonds is 3. The zero-order chi connectivity index (χ0) is 19.9. The molecule has 0 bridgehead atoms. The first-order chi connectivity index (χ1) is 13.3. The molecule has 2 aliphatic rings. The first-order valence-corrected chi connectivity index (χ1v) is 9.91. The third kappa shape index (κ3) is 2.84. The van der Waals surface area contributed by atoms with Crippen molar-refractivity contribution in [3.8, 4) is 0 Å². The Hall–Kier alpha value is -2.87. The Morgan fingerprint density at radius 2 is 1.46 bits per heavy atom. The highest BCUT2D eigenvalue weighted by Gasteiger charge is 2.37. The van der Waals surface area contributed by atoms with Gasteiger partial charge in [-0.05, 0) is 35.4 Å². The van der Waals surface area contributed by atoms with Gasteiger partial charge in [0.15, 0.2) is 0 Å². The summed E-state index contributed by atoms with van der Waals surface area (Å²) in [6, 6.07) is 17.1. The van der Waals surface area contributed by atoms with Crippen LogP contribution in [0.4, 0.5) is 11.4 Å². The second kappa shape index (κ2) is 6.63. The van der Waals surface area contributed by atoms with Gasteiger partial charge in [0.1, 0.15) is 0 Å². The Bertz CT molecular complexity index is 1030. The molecule has 28 heavy (non-hydrogen) atoms. The van der Waals surface area contributed by atoms with Gasteiger partial charge in [0.05, 0.1) is 11.4 Å². The molecule has 0 amide bonds. The quantitative estimate of drug-likeness (QED) is 0.567. The second-order valence-electron chi connectivity index (χ2n) is 8.64. The zero-order valence-corrected chi connectivity index (χ0v) is 17.4. The van der Waals surface area contributed by atoms with Crippen LogP contribution in [-0.4, -0.2) is 12.8 Å². The molecule has 2 aromatic rings. The minimum atomic E-state index is -0.0469. The first-order valence-electron chi connectivity index (χ1n) is 9.91. The number of nitrogens with zero attached hydrogens (tertiary/aromatic N) is 2. The minimum absolute atomic E-state index is 0.0125. The van der Waals surface area contributed by atoms with Crippen molar-refractivity contribution in [1.82, 2.24) is 0 Å². The van der Waals surface area contributed by atoms with Gasteiger partial charge in [0.25, 0.3) is 0 Å². The number of likely N-dealkylation sites (N-methyl/N-ethyl adjacent to an activating group) is 1. The van der Waals surface area contributed by atoms with Crippen LogP contribution < -0.4 is 4.90 Å². The minimum Gasteiger partial charge on any atom is -0.347 e. The maximum atomic E-state index is 4.81. The van der Waals surface area contributed by atoms with Crippen LogP contribution in [0.2, 0.25) is 0 Å². The Morgan fingerprint density at radius 1 is 0.786 bits per heavy atom. The van der Waals surface area contributed by atoms with E-state index in [2.05, 4.69) is 119 Å². The maximum Gasteiger partial charge on any atom is 0.0674 e. The number of hydrogen-bond acceptors (Lipinski definition) is 2. The molecule has 0 aliphatic carbocycles. The van der Waals surface area contributed by atoms with Gasteiger partial charge in [-0.25, -0.2) is 0 Å². The summed E-state index contributed by atoms with van der Waals surface area (Å²) in [5, 5.41) is 0. The largest absolute Gasteiger partial charge is 0.347 e. The molecule has 0 fully saturated rings. The highest BCUT2D eigenvalue weighted by Crippen LogP contribution is 2.46. The third-order valence-electron chi connectivity index (χ3n) is 6.13. The van der Waals surface area contributed by atoms with Gasteiger partial charge in [-0.15, -0.1) is 0 Å². The first kappa shape index (κ1) is 18.5. The van der Waals surface area contributed by atoms with Gasteiger partial charge >= 0.3 is 0 Å². The van der Waals surface area contributed by atoms with Gasteiger partial charge in [-0.1, -0.05) is 82.3 Å². The highest BCUT2D eigenvalue weighted by atomic mass is 15.2. The molecule has 142 valence electrons. The van der Waals surface area contributed by atoms with E-state index in [1.165, 1.54) is 22.5 Å². The van der Waals surface area contributed by atoms with E-state index in [1.54, 1.807) is 0 Å². The van der Waals surface area contributed by atoms with E-state index in [9.17, 15) is 0 Å². The summed E-state index contributed by atoms with van der Waals surface area (Å²) in [7, 11) is 2.15. The lowest BCUT2D eigenvalue weighted by Gasteiger charge is -2.23. The fourth-order valence-electron chi connectivity index (χ4n) is 4.41. The lowest BCUT2D eigenvalue weighted by Crippen LogP contribution is -2.23. The predicted octanol–water partition coefficient (Wildman–Crippen LogP) is 6.47. The van der Waals surface area contributed by atoms with E-state index in [0.29, 0.717) is 0 Å². The third-order valence-corrected chi connectivity index (χ3v) is 6.13. The molecule has 0 spiro atoms. The molecule has 2 heteroatoms. The predicted molar refractivity (Wildman–Crippen MR) is 121 cm³/mol. The van der Waals surface area contributed by atoms with Crippen LogP contribution in [0, 0.1) is 0 Å². The standard InChI is InChI=1S/C26H28N2/c1-25(2)19-13-9-11-15-21(19)27-23(25)17-7-6-8-18-24-26(3,4)20-14-10-12-16-22(20)28(24)5/h6-18H,1-5H3. The van der Waals surface area contributed by atoms with Crippen LogP contribution in [0.3, 0.4) is 0 Å². The van der Waals surface area contributed by atoms with E-state index in [-0.39, 0.29) is 10.8 Å². The van der Waals surface area contributed by atoms with Crippen LogP contribution in [0.5, 0.6) is 0 Å². The van der Waals surface area contributed by atoms with E-state index in [4.69, 9.17) is 4.99 Å². The highest BCUT2D eigenvalue weighted by molar-refractivity contribution is 6.08. The fourth-order valence-corrected chi connectivity index (χ4v) is 4.41. The summed E-state index contributed by atoms with van der Waals surface area (Å²) in [5.41, 5.74) is 7.45. The van der Waals surface area contributed by atoms with E-state index in [1.807, 2.05) is 0 Å². The van der Waals surface area contributed by atoms with Gasteiger partial charge in [-0.2, -0.15) is 0 Å². The number of benzene rings is 2. The Labute approximate surface area is 168 Å². The van der Waals surface area contributed by atoms with Gasteiger partial charge in [0.2, 0.25) is 0 Å². The number of anilines is 1. The van der Waals surface area contributed by atoms with E-state index in [0.717, 1.165) is 11.4 Å². The summed E-state index contributed by atoms with van der Waals surface area (Å²) in [6.07, 6.45) is 10.7. The molecular weight excluding hydrogens is 340 g/mol. The average molecular weight is 369 g/mol. The van der Waals surface area contributed by atoms with Crippen molar-refractivity contribution in [3.05, 3.63) is 95.7 Å². The van der Waals surface area contributed by atoms with E-state index < -0.39 is 0 Å². The average Bonchev–Trinajstić information content (AvgIpc) is 3.04. The number of allylic oxidation sites excluding steroid dienone is 6. The van der Waals surface area contributed by atoms with Gasteiger partial charge < -0.3 is 4.90 Å². The molecule has 0 aromatic heterocycles. The van der Waals surface area contributed by atoms with Crippen molar-refractivity contribution >= 4 is 17.1 Å². The van der Waals surface area contributed by atoms with Crippen molar-refractivity contribution in [2.75, 3.05) is 11.9 Å². The Morgan fingerprint density at radius 3 is 2.18 bits per heavy atom. The van der Waals surface area contributed by atoms with Crippen molar-refractivity contribution in [3.63, 3.8) is 0 Å². The lowest BCUT2D eigenvalue weighted by atomic mass is 9.81. The van der Waals surface area contributed by atoms with Crippen molar-refractivity contribution in [2.45, 2.75) is 38.5 Å². The summed E-state index contributed by atoms with van der Waals surface area (Å²) >= 11 is 0. The molecule has 0 saturated heterocycles. The molecule has 2 heterocycles. The van der Waals surface area contributed by atoms with Crippen LogP contribution in [0.25, 0.3) is 0 Å².